The van der Waals surface area contributed by atoms with Crippen LogP contribution in [0.3, 0.4) is 0 Å². The fraction of sp³-hybridized carbons (Fsp3) is 0.385. The van der Waals surface area contributed by atoms with Gasteiger partial charge < -0.3 is 0 Å². The third-order valence-electron chi connectivity index (χ3n) is 2.57. The molecule has 0 saturated heterocycles. The van der Waals surface area contributed by atoms with Crippen LogP contribution in [-0.4, -0.2) is 13.0 Å². The Hall–Kier alpha value is -1.13. The lowest BCUT2D eigenvalue weighted by Gasteiger charge is -2.03. The summed E-state index contributed by atoms with van der Waals surface area (Å²) in [6, 6.07) is 4.60. The van der Waals surface area contributed by atoms with Crippen molar-refractivity contribution in [2.24, 2.45) is 0 Å². The van der Waals surface area contributed by atoms with E-state index in [0.717, 1.165) is 30.4 Å². The van der Waals surface area contributed by atoms with E-state index in [1.165, 1.54) is 12.1 Å². The van der Waals surface area contributed by atoms with E-state index in [1.807, 2.05) is 19.1 Å². The molecule has 4 heteroatoms. The molecule has 0 amide bonds. The van der Waals surface area contributed by atoms with Gasteiger partial charge in [-0.15, -0.1) is 0 Å². The summed E-state index contributed by atoms with van der Waals surface area (Å²) in [5.41, 5.74) is 1.82. The van der Waals surface area contributed by atoms with Crippen molar-refractivity contribution < 1.29 is 13.0 Å². The van der Waals surface area contributed by atoms with Crippen LogP contribution in [0.25, 0.3) is 6.08 Å². The number of unbranched alkanes of at least 4 members (excludes halogenated alkanes) is 2. The molecule has 1 aromatic carbocycles. The van der Waals surface area contributed by atoms with Crippen molar-refractivity contribution in [2.75, 3.05) is 0 Å². The molecule has 0 unspecified atom stereocenters. The zero-order valence-electron chi connectivity index (χ0n) is 10.2. The molecular formula is C13H18O3S. The molecule has 17 heavy (non-hydrogen) atoms. The lowest BCUT2D eigenvalue weighted by Crippen LogP contribution is -1.98. The maximum atomic E-state index is 11.0. The minimum atomic E-state index is -4.11. The number of hydrogen-bond acceptors (Lipinski definition) is 2. The van der Waals surface area contributed by atoms with Gasteiger partial charge in [-0.2, -0.15) is 8.42 Å². The lowest BCUT2D eigenvalue weighted by atomic mass is 10.1. The third kappa shape index (κ3) is 4.32. The van der Waals surface area contributed by atoms with Crippen LogP contribution >= 0.6 is 0 Å². The van der Waals surface area contributed by atoms with Gasteiger partial charge in [-0.3, -0.25) is 4.55 Å². The summed E-state index contributed by atoms with van der Waals surface area (Å²) in [4.78, 5) is -0.0572. The van der Waals surface area contributed by atoms with E-state index in [2.05, 4.69) is 6.92 Å². The largest absolute Gasteiger partial charge is 0.294 e. The van der Waals surface area contributed by atoms with Crippen LogP contribution in [0, 0.1) is 6.92 Å². The number of allylic oxidation sites excluding steroid dienone is 1. The van der Waals surface area contributed by atoms with Gasteiger partial charge in [0.1, 0.15) is 0 Å². The number of benzene rings is 1. The van der Waals surface area contributed by atoms with Crippen molar-refractivity contribution in [1.29, 1.82) is 0 Å². The average Bonchev–Trinajstić information content (AvgIpc) is 2.25. The summed E-state index contributed by atoms with van der Waals surface area (Å²) in [5.74, 6) is 0. The molecule has 1 rings (SSSR count). The van der Waals surface area contributed by atoms with Gasteiger partial charge in [-0.25, -0.2) is 0 Å². The van der Waals surface area contributed by atoms with Gasteiger partial charge in [0.25, 0.3) is 10.1 Å². The van der Waals surface area contributed by atoms with Crippen LogP contribution < -0.4 is 0 Å². The Morgan fingerprint density at radius 1 is 1.35 bits per heavy atom. The molecule has 0 spiro atoms. The first-order valence-corrected chi connectivity index (χ1v) is 7.14. The number of rotatable bonds is 5. The van der Waals surface area contributed by atoms with Gasteiger partial charge in [0, 0.05) is 0 Å². The highest BCUT2D eigenvalue weighted by Crippen LogP contribution is 2.17. The minimum Gasteiger partial charge on any atom is -0.282 e. The summed E-state index contributed by atoms with van der Waals surface area (Å²) in [5, 5.41) is 0. The van der Waals surface area contributed by atoms with E-state index < -0.39 is 10.1 Å². The van der Waals surface area contributed by atoms with Gasteiger partial charge in [0.2, 0.25) is 0 Å². The number of hydrogen-bond donors (Lipinski definition) is 1. The normalized spacial score (nSPS) is 12.2. The molecule has 0 atom stereocenters. The van der Waals surface area contributed by atoms with E-state index in [0.29, 0.717) is 0 Å². The summed E-state index contributed by atoms with van der Waals surface area (Å²) in [7, 11) is -4.11. The lowest BCUT2D eigenvalue weighted by molar-refractivity contribution is 0.483. The van der Waals surface area contributed by atoms with Crippen molar-refractivity contribution in [3.63, 3.8) is 0 Å². The van der Waals surface area contributed by atoms with Crippen molar-refractivity contribution >= 4 is 16.2 Å². The Labute approximate surface area is 103 Å². The van der Waals surface area contributed by atoms with E-state index in [1.54, 1.807) is 6.07 Å². The molecular weight excluding hydrogens is 236 g/mol. The molecule has 3 nitrogen and oxygen atoms in total. The molecule has 1 N–H and O–H groups in total. The first-order chi connectivity index (χ1) is 7.95. The van der Waals surface area contributed by atoms with Crippen molar-refractivity contribution in [1.82, 2.24) is 0 Å². The van der Waals surface area contributed by atoms with Gasteiger partial charge in [-0.1, -0.05) is 38.0 Å². The smallest absolute Gasteiger partial charge is 0.282 e. The van der Waals surface area contributed by atoms with Crippen LogP contribution in [0.5, 0.6) is 0 Å². The molecule has 0 radical (unpaired) electrons. The second-order valence-electron chi connectivity index (χ2n) is 4.04. The zero-order valence-corrected chi connectivity index (χ0v) is 11.0. The first-order valence-electron chi connectivity index (χ1n) is 5.70. The summed E-state index contributed by atoms with van der Waals surface area (Å²) in [6.07, 6.45) is 7.16. The molecule has 0 aromatic heterocycles. The Kier molecular flexibility index (Phi) is 4.90. The molecule has 0 fully saturated rings. The van der Waals surface area contributed by atoms with Crippen LogP contribution in [0.2, 0.25) is 0 Å². The predicted octanol–water partition coefficient (Wildman–Crippen LogP) is 3.45. The Bertz CT molecular complexity index is 501. The maximum Gasteiger partial charge on any atom is 0.294 e. The topological polar surface area (TPSA) is 54.4 Å². The fourth-order valence-corrected chi connectivity index (χ4v) is 2.01. The molecule has 0 bridgehead atoms. The third-order valence-corrected chi connectivity index (χ3v) is 3.42. The Morgan fingerprint density at radius 2 is 2.06 bits per heavy atom. The van der Waals surface area contributed by atoms with Gasteiger partial charge in [-0.05, 0) is 36.6 Å². The molecule has 0 heterocycles. The van der Waals surface area contributed by atoms with Gasteiger partial charge >= 0.3 is 0 Å². The molecule has 0 aliphatic heterocycles. The second kappa shape index (κ2) is 5.98. The number of aryl methyl sites for hydroxylation is 1. The second-order valence-corrected chi connectivity index (χ2v) is 5.46. The SMILES string of the molecule is CCCC/C=C/c1cc(S(=O)(=O)O)ccc1C. The van der Waals surface area contributed by atoms with E-state index in [-0.39, 0.29) is 4.90 Å². The van der Waals surface area contributed by atoms with E-state index >= 15 is 0 Å². The van der Waals surface area contributed by atoms with Gasteiger partial charge in [0.15, 0.2) is 0 Å². The zero-order chi connectivity index (χ0) is 12.9. The quantitative estimate of drug-likeness (QED) is 0.647. The molecule has 0 aliphatic carbocycles. The standard InChI is InChI=1S/C13H18O3S/c1-3-4-5-6-7-12-10-13(17(14,15)16)9-8-11(12)2/h6-10H,3-5H2,1-2H3,(H,14,15,16)/b7-6+. The molecule has 0 aliphatic rings. The molecule has 1 aromatic rings. The average molecular weight is 254 g/mol. The van der Waals surface area contributed by atoms with E-state index in [4.69, 9.17) is 4.55 Å². The fourth-order valence-electron chi connectivity index (χ4n) is 1.49. The molecule has 0 saturated carbocycles. The predicted molar refractivity (Wildman–Crippen MR) is 69.6 cm³/mol. The summed E-state index contributed by atoms with van der Waals surface area (Å²) >= 11 is 0. The van der Waals surface area contributed by atoms with Crippen LogP contribution in [0.1, 0.15) is 37.3 Å². The van der Waals surface area contributed by atoms with Crippen LogP contribution in [-0.2, 0) is 10.1 Å². The Morgan fingerprint density at radius 3 is 2.65 bits per heavy atom. The van der Waals surface area contributed by atoms with Crippen molar-refractivity contribution in [3.8, 4) is 0 Å². The summed E-state index contributed by atoms with van der Waals surface area (Å²) < 4.78 is 31.0. The maximum absolute atomic E-state index is 11.0. The van der Waals surface area contributed by atoms with E-state index in [9.17, 15) is 8.42 Å². The highest BCUT2D eigenvalue weighted by molar-refractivity contribution is 7.85. The molecule has 94 valence electrons. The highest BCUT2D eigenvalue weighted by Gasteiger charge is 2.09. The van der Waals surface area contributed by atoms with Gasteiger partial charge in [0.05, 0.1) is 4.90 Å². The highest BCUT2D eigenvalue weighted by atomic mass is 32.2. The monoisotopic (exact) mass is 254 g/mol. The van der Waals surface area contributed by atoms with Crippen molar-refractivity contribution in [3.05, 3.63) is 35.4 Å². The summed E-state index contributed by atoms with van der Waals surface area (Å²) in [6.45, 7) is 4.03. The van der Waals surface area contributed by atoms with Crippen LogP contribution in [0.15, 0.2) is 29.2 Å². The van der Waals surface area contributed by atoms with Crippen molar-refractivity contribution in [2.45, 2.75) is 38.0 Å². The first kappa shape index (κ1) is 13.9. The van der Waals surface area contributed by atoms with Crippen LogP contribution in [0.4, 0.5) is 0 Å². The Balaban J connectivity index is 2.95. The minimum absolute atomic E-state index is 0.0572.